The van der Waals surface area contributed by atoms with Crippen LogP contribution >= 0.6 is 0 Å². The molecule has 1 saturated heterocycles. The van der Waals surface area contributed by atoms with E-state index in [0.717, 1.165) is 18.7 Å². The molecule has 0 radical (unpaired) electrons. The van der Waals surface area contributed by atoms with Gasteiger partial charge in [0.15, 0.2) is 0 Å². The molecule has 1 rings (SSSR count). The summed E-state index contributed by atoms with van der Waals surface area (Å²) in [5.41, 5.74) is 0.953. The lowest BCUT2D eigenvalue weighted by Crippen LogP contribution is -2.40. The van der Waals surface area contributed by atoms with Gasteiger partial charge in [-0.2, -0.15) is 0 Å². The van der Waals surface area contributed by atoms with Gasteiger partial charge in [-0.15, -0.1) is 0 Å². The minimum absolute atomic E-state index is 0.00917. The number of amides is 1. The van der Waals surface area contributed by atoms with E-state index in [2.05, 4.69) is 20.4 Å². The molecule has 14 heavy (non-hydrogen) atoms. The van der Waals surface area contributed by atoms with Crippen molar-refractivity contribution in [3.8, 4) is 0 Å². The van der Waals surface area contributed by atoms with Gasteiger partial charge < -0.3 is 9.80 Å². The molecule has 0 aliphatic carbocycles. The molecule has 1 atom stereocenters. The minimum atomic E-state index is 0.00917. The third-order valence-electron chi connectivity index (χ3n) is 2.90. The quantitative estimate of drug-likeness (QED) is 0.682. The summed E-state index contributed by atoms with van der Waals surface area (Å²) >= 11 is 0. The zero-order valence-corrected chi connectivity index (χ0v) is 9.58. The highest BCUT2D eigenvalue weighted by molar-refractivity contribution is 5.84. The molecule has 1 unspecified atom stereocenters. The van der Waals surface area contributed by atoms with Gasteiger partial charge >= 0.3 is 0 Å². The van der Waals surface area contributed by atoms with E-state index in [1.807, 2.05) is 23.8 Å². The van der Waals surface area contributed by atoms with Gasteiger partial charge in [-0.3, -0.25) is 4.79 Å². The maximum absolute atomic E-state index is 11.9. The summed E-state index contributed by atoms with van der Waals surface area (Å²) in [7, 11) is 1.94. The Labute approximate surface area is 86.4 Å². The summed E-state index contributed by atoms with van der Waals surface area (Å²) in [5.74, 6) is 0.241. The maximum Gasteiger partial charge on any atom is 0.245 e. The number of allylic oxidation sites excluding steroid dienone is 1. The van der Waals surface area contributed by atoms with E-state index >= 15 is 0 Å². The maximum atomic E-state index is 11.9. The second-order valence-corrected chi connectivity index (χ2v) is 4.28. The van der Waals surface area contributed by atoms with E-state index < -0.39 is 0 Å². The normalized spacial score (nSPS) is 21.9. The van der Waals surface area contributed by atoms with Gasteiger partial charge in [0.2, 0.25) is 5.91 Å². The van der Waals surface area contributed by atoms with Crippen LogP contribution in [0.1, 0.15) is 27.2 Å². The monoisotopic (exact) mass is 196 g/mol. The average Bonchev–Trinajstić information content (AvgIpc) is 2.45. The van der Waals surface area contributed by atoms with Crippen molar-refractivity contribution < 1.29 is 4.79 Å². The van der Waals surface area contributed by atoms with Gasteiger partial charge in [-0.1, -0.05) is 6.58 Å². The van der Waals surface area contributed by atoms with E-state index in [1.165, 1.54) is 0 Å². The number of likely N-dealkylation sites (N-methyl/N-ethyl adjacent to an activating group) is 1. The summed E-state index contributed by atoms with van der Waals surface area (Å²) < 4.78 is 0. The van der Waals surface area contributed by atoms with Crippen LogP contribution in [0.3, 0.4) is 0 Å². The molecule has 0 aromatic carbocycles. The number of carbonyl (C=O) groups excluding carboxylic acids is 1. The highest BCUT2D eigenvalue weighted by Gasteiger charge is 2.35. The van der Waals surface area contributed by atoms with Crippen LogP contribution in [0.4, 0.5) is 0 Å². The molecule has 3 nitrogen and oxygen atoms in total. The topological polar surface area (TPSA) is 23.6 Å². The van der Waals surface area contributed by atoms with Crippen LogP contribution in [0.2, 0.25) is 0 Å². The van der Waals surface area contributed by atoms with Crippen LogP contribution in [0.5, 0.6) is 0 Å². The third-order valence-corrected chi connectivity index (χ3v) is 2.90. The van der Waals surface area contributed by atoms with Gasteiger partial charge in [0.1, 0.15) is 6.04 Å². The van der Waals surface area contributed by atoms with Crippen molar-refractivity contribution in [1.82, 2.24) is 9.80 Å². The molecule has 1 aliphatic rings. The van der Waals surface area contributed by atoms with Crippen molar-refractivity contribution in [2.45, 2.75) is 39.3 Å². The zero-order valence-electron chi connectivity index (χ0n) is 9.58. The van der Waals surface area contributed by atoms with Crippen molar-refractivity contribution in [2.24, 2.45) is 0 Å². The molecular formula is C11H20N2O. The second kappa shape index (κ2) is 4.03. The van der Waals surface area contributed by atoms with Crippen LogP contribution in [-0.2, 0) is 4.79 Å². The van der Waals surface area contributed by atoms with E-state index in [1.54, 1.807) is 0 Å². The number of carbonyl (C=O) groups is 1. The van der Waals surface area contributed by atoms with Gasteiger partial charge in [0.25, 0.3) is 0 Å². The number of hydrogen-bond donors (Lipinski definition) is 0. The van der Waals surface area contributed by atoms with Crippen LogP contribution in [-0.4, -0.2) is 41.4 Å². The van der Waals surface area contributed by atoms with Gasteiger partial charge in [0.05, 0.1) is 0 Å². The van der Waals surface area contributed by atoms with E-state index in [4.69, 9.17) is 0 Å². The molecule has 0 aromatic heterocycles. The smallest absolute Gasteiger partial charge is 0.245 e. The second-order valence-electron chi connectivity index (χ2n) is 4.28. The first-order valence-corrected chi connectivity index (χ1v) is 5.14. The van der Waals surface area contributed by atoms with Crippen LogP contribution < -0.4 is 0 Å². The van der Waals surface area contributed by atoms with Crippen molar-refractivity contribution in [3.63, 3.8) is 0 Å². The van der Waals surface area contributed by atoms with Crippen molar-refractivity contribution in [2.75, 3.05) is 13.6 Å². The Morgan fingerprint density at radius 3 is 2.57 bits per heavy atom. The fraction of sp³-hybridized carbons (Fsp3) is 0.727. The summed E-state index contributed by atoms with van der Waals surface area (Å²) in [5, 5.41) is 0. The number of rotatable bonds is 3. The van der Waals surface area contributed by atoms with E-state index in [0.29, 0.717) is 6.04 Å². The van der Waals surface area contributed by atoms with Crippen molar-refractivity contribution in [1.29, 1.82) is 0 Å². The summed E-state index contributed by atoms with van der Waals surface area (Å²) in [4.78, 5) is 15.8. The van der Waals surface area contributed by atoms with Crippen LogP contribution in [0.15, 0.2) is 12.3 Å². The minimum Gasteiger partial charge on any atom is -0.367 e. The lowest BCUT2D eigenvalue weighted by Gasteiger charge is -2.26. The highest BCUT2D eigenvalue weighted by Crippen LogP contribution is 2.20. The molecule has 0 saturated carbocycles. The van der Waals surface area contributed by atoms with Crippen molar-refractivity contribution >= 4 is 5.91 Å². The highest BCUT2D eigenvalue weighted by atomic mass is 16.2. The molecule has 1 amide bonds. The molecule has 0 N–H and O–H groups in total. The third kappa shape index (κ3) is 1.91. The first-order valence-electron chi connectivity index (χ1n) is 5.14. The molecule has 0 bridgehead atoms. The molecule has 0 aromatic rings. The Bertz CT molecular complexity index is 248. The Kier molecular flexibility index (Phi) is 3.19. The Hall–Kier alpha value is -0.990. The summed E-state index contributed by atoms with van der Waals surface area (Å²) in [6.45, 7) is 10.8. The molecule has 1 fully saturated rings. The molecule has 0 spiro atoms. The summed E-state index contributed by atoms with van der Waals surface area (Å²) in [6.07, 6.45) is 0.917. The number of likely N-dealkylation sites (tertiary alicyclic amines) is 1. The fourth-order valence-corrected chi connectivity index (χ4v) is 1.82. The Balaban J connectivity index is 2.69. The summed E-state index contributed by atoms with van der Waals surface area (Å²) in [6, 6.07) is 0.320. The van der Waals surface area contributed by atoms with Gasteiger partial charge in [-0.05, 0) is 27.2 Å². The predicted molar refractivity (Wildman–Crippen MR) is 57.8 cm³/mol. The van der Waals surface area contributed by atoms with E-state index in [9.17, 15) is 4.79 Å². The largest absolute Gasteiger partial charge is 0.367 e. The lowest BCUT2D eigenvalue weighted by molar-refractivity contribution is -0.132. The molecule has 3 heteroatoms. The van der Waals surface area contributed by atoms with Gasteiger partial charge in [0, 0.05) is 25.3 Å². The predicted octanol–water partition coefficient (Wildman–Crippen LogP) is 1.46. The van der Waals surface area contributed by atoms with Crippen LogP contribution in [0, 0.1) is 0 Å². The molecule has 80 valence electrons. The van der Waals surface area contributed by atoms with Crippen molar-refractivity contribution in [3.05, 3.63) is 12.3 Å². The lowest BCUT2D eigenvalue weighted by atomic mass is 10.2. The van der Waals surface area contributed by atoms with Crippen LogP contribution in [0.25, 0.3) is 0 Å². The molecule has 1 aliphatic heterocycles. The standard InChI is InChI=1S/C11H20N2O/c1-8(2)12(5)10-6-7-13(9(3)4)11(10)14/h9-10H,1,6-7H2,2-5H3. The Morgan fingerprint density at radius 1 is 1.64 bits per heavy atom. The van der Waals surface area contributed by atoms with E-state index in [-0.39, 0.29) is 11.9 Å². The fourth-order valence-electron chi connectivity index (χ4n) is 1.82. The number of hydrogen-bond acceptors (Lipinski definition) is 2. The molecule has 1 heterocycles. The zero-order chi connectivity index (χ0) is 10.9. The Morgan fingerprint density at radius 2 is 2.21 bits per heavy atom. The average molecular weight is 196 g/mol. The first-order chi connectivity index (χ1) is 6.45. The number of nitrogens with zero attached hydrogens (tertiary/aromatic N) is 2. The molecular weight excluding hydrogens is 176 g/mol. The van der Waals surface area contributed by atoms with Gasteiger partial charge in [-0.25, -0.2) is 0 Å². The first kappa shape index (κ1) is 11.1. The SMILES string of the molecule is C=C(C)N(C)C1CCN(C(C)C)C1=O.